The quantitative estimate of drug-likeness (QED) is 0.369. The molecule has 0 heterocycles. The maximum atomic E-state index is 13.5. The molecule has 0 aliphatic heterocycles. The Morgan fingerprint density at radius 2 is 1.34 bits per heavy atom. The normalized spacial score (nSPS) is 12.1. The summed E-state index contributed by atoms with van der Waals surface area (Å²) in [5, 5.41) is 3.00. The van der Waals surface area contributed by atoms with Crippen LogP contribution in [0.4, 0.5) is 10.1 Å². The van der Waals surface area contributed by atoms with Crippen LogP contribution in [0.1, 0.15) is 22.7 Å². The number of halogens is 1. The van der Waals surface area contributed by atoms with Crippen LogP contribution < -0.4 is 9.62 Å². The van der Waals surface area contributed by atoms with Gasteiger partial charge in [-0.2, -0.15) is 0 Å². The van der Waals surface area contributed by atoms with Gasteiger partial charge in [0.15, 0.2) is 0 Å². The first-order valence-electron chi connectivity index (χ1n) is 11.1. The molecule has 0 aliphatic rings. The van der Waals surface area contributed by atoms with E-state index in [1.54, 1.807) is 30.3 Å². The lowest BCUT2D eigenvalue weighted by atomic mass is 9.98. The van der Waals surface area contributed by atoms with Crippen LogP contribution in [0.25, 0.3) is 0 Å². The Balaban J connectivity index is 1.66. The Bertz CT molecular complexity index is 1380. The number of hydrogen-bond donors (Lipinski definition) is 1. The largest absolute Gasteiger partial charge is 0.344 e. The second kappa shape index (κ2) is 10.5. The second-order valence-corrected chi connectivity index (χ2v) is 9.99. The maximum Gasteiger partial charge on any atom is 0.264 e. The van der Waals surface area contributed by atoms with Crippen molar-refractivity contribution >= 4 is 21.6 Å². The smallest absolute Gasteiger partial charge is 0.264 e. The highest BCUT2D eigenvalue weighted by molar-refractivity contribution is 7.92. The summed E-state index contributed by atoms with van der Waals surface area (Å²) in [4.78, 5) is 13.2. The average molecular weight is 489 g/mol. The fourth-order valence-electron chi connectivity index (χ4n) is 3.74. The lowest BCUT2D eigenvalue weighted by Crippen LogP contribution is -2.42. The molecular formula is C28H25FN2O3S. The first-order chi connectivity index (χ1) is 16.8. The molecule has 0 bridgehead atoms. The number of hydrogen-bond acceptors (Lipinski definition) is 3. The van der Waals surface area contributed by atoms with Crippen LogP contribution in [0.5, 0.6) is 0 Å². The van der Waals surface area contributed by atoms with E-state index in [0.717, 1.165) is 33.1 Å². The molecule has 0 unspecified atom stereocenters. The number of carbonyl (C=O) groups excluding carboxylic acids is 1. The lowest BCUT2D eigenvalue weighted by Gasteiger charge is -2.26. The van der Waals surface area contributed by atoms with Crippen molar-refractivity contribution in [1.82, 2.24) is 5.32 Å². The molecule has 0 aliphatic carbocycles. The molecular weight excluding hydrogens is 463 g/mol. The molecule has 1 N–H and O–H groups in total. The Labute approximate surface area is 204 Å². The van der Waals surface area contributed by atoms with E-state index in [-0.39, 0.29) is 4.90 Å². The SMILES string of the molecule is Cc1ccc([C@H](NC(=O)CN(c2ccccc2)S(=O)(=O)c2ccc(F)cc2)c2ccccc2)cc1. The molecule has 0 aromatic heterocycles. The van der Waals surface area contributed by atoms with Gasteiger partial charge in [-0.05, 0) is 54.4 Å². The number of amides is 1. The number of carbonyl (C=O) groups is 1. The van der Waals surface area contributed by atoms with Crippen molar-refractivity contribution in [2.24, 2.45) is 0 Å². The van der Waals surface area contributed by atoms with E-state index < -0.39 is 34.3 Å². The van der Waals surface area contributed by atoms with Gasteiger partial charge >= 0.3 is 0 Å². The highest BCUT2D eigenvalue weighted by Crippen LogP contribution is 2.25. The van der Waals surface area contributed by atoms with Crippen LogP contribution in [0.15, 0.2) is 114 Å². The second-order valence-electron chi connectivity index (χ2n) is 8.12. The van der Waals surface area contributed by atoms with E-state index in [9.17, 15) is 17.6 Å². The van der Waals surface area contributed by atoms with Gasteiger partial charge < -0.3 is 5.32 Å². The minimum Gasteiger partial charge on any atom is -0.344 e. The van der Waals surface area contributed by atoms with Gasteiger partial charge in [-0.3, -0.25) is 9.10 Å². The highest BCUT2D eigenvalue weighted by atomic mass is 32.2. The molecule has 1 amide bonds. The van der Waals surface area contributed by atoms with E-state index in [0.29, 0.717) is 5.69 Å². The van der Waals surface area contributed by atoms with Gasteiger partial charge in [0.25, 0.3) is 10.0 Å². The topological polar surface area (TPSA) is 66.5 Å². The van der Waals surface area contributed by atoms with E-state index in [2.05, 4.69) is 5.32 Å². The number of aryl methyl sites for hydroxylation is 1. The number of sulfonamides is 1. The molecule has 0 radical (unpaired) electrons. The Kier molecular flexibility index (Phi) is 7.27. The molecule has 0 fully saturated rings. The van der Waals surface area contributed by atoms with Crippen molar-refractivity contribution in [3.8, 4) is 0 Å². The van der Waals surface area contributed by atoms with E-state index in [1.165, 1.54) is 12.1 Å². The fourth-order valence-corrected chi connectivity index (χ4v) is 5.16. The molecule has 1 atom stereocenters. The number of nitrogens with zero attached hydrogens (tertiary/aromatic N) is 1. The van der Waals surface area contributed by atoms with Gasteiger partial charge in [0.05, 0.1) is 16.6 Å². The summed E-state index contributed by atoms with van der Waals surface area (Å²) in [6.45, 7) is 1.54. The van der Waals surface area contributed by atoms with Crippen molar-refractivity contribution in [2.45, 2.75) is 17.9 Å². The van der Waals surface area contributed by atoms with Crippen LogP contribution in [0.2, 0.25) is 0 Å². The average Bonchev–Trinajstić information content (AvgIpc) is 2.88. The summed E-state index contributed by atoms with van der Waals surface area (Å²) >= 11 is 0. The molecule has 5 nitrogen and oxygen atoms in total. The summed E-state index contributed by atoms with van der Waals surface area (Å²) in [5.41, 5.74) is 3.17. The van der Waals surface area contributed by atoms with Gasteiger partial charge in [0.1, 0.15) is 12.4 Å². The summed E-state index contributed by atoms with van der Waals surface area (Å²) in [6.07, 6.45) is 0. The van der Waals surface area contributed by atoms with Crippen molar-refractivity contribution in [1.29, 1.82) is 0 Å². The number of benzene rings is 4. The minimum absolute atomic E-state index is 0.103. The van der Waals surface area contributed by atoms with Crippen LogP contribution in [-0.2, 0) is 14.8 Å². The minimum atomic E-state index is -4.13. The Morgan fingerprint density at radius 3 is 1.94 bits per heavy atom. The van der Waals surface area contributed by atoms with Crippen LogP contribution in [-0.4, -0.2) is 20.9 Å². The first kappa shape index (κ1) is 24.2. The van der Waals surface area contributed by atoms with E-state index in [1.807, 2.05) is 61.5 Å². The summed E-state index contributed by atoms with van der Waals surface area (Å²) < 4.78 is 41.4. The summed E-state index contributed by atoms with van der Waals surface area (Å²) in [5.74, 6) is -1.02. The third-order valence-electron chi connectivity index (χ3n) is 5.58. The van der Waals surface area contributed by atoms with Crippen molar-refractivity contribution < 1.29 is 17.6 Å². The van der Waals surface area contributed by atoms with Crippen LogP contribution >= 0.6 is 0 Å². The standard InChI is InChI=1S/C28H25FN2O3S/c1-21-12-14-23(15-13-21)28(22-8-4-2-5-9-22)30-27(32)20-31(25-10-6-3-7-11-25)35(33,34)26-18-16-24(29)17-19-26/h2-19,28H,20H2,1H3,(H,30,32)/t28-/m1/s1. The van der Waals surface area contributed by atoms with E-state index >= 15 is 0 Å². The summed E-state index contributed by atoms with van der Waals surface area (Å²) in [7, 11) is -4.13. The van der Waals surface area contributed by atoms with Crippen LogP contribution in [0, 0.1) is 12.7 Å². The maximum absolute atomic E-state index is 13.5. The molecule has 35 heavy (non-hydrogen) atoms. The number of rotatable bonds is 8. The number of nitrogens with one attached hydrogen (secondary N) is 1. The third kappa shape index (κ3) is 5.75. The molecule has 0 saturated carbocycles. The highest BCUT2D eigenvalue weighted by Gasteiger charge is 2.28. The van der Waals surface area contributed by atoms with Gasteiger partial charge in [0, 0.05) is 0 Å². The predicted molar refractivity (Wildman–Crippen MR) is 135 cm³/mol. The molecule has 7 heteroatoms. The third-order valence-corrected chi connectivity index (χ3v) is 7.37. The molecule has 0 saturated heterocycles. The van der Waals surface area contributed by atoms with Crippen molar-refractivity contribution in [3.63, 3.8) is 0 Å². The number of anilines is 1. The monoisotopic (exact) mass is 488 g/mol. The van der Waals surface area contributed by atoms with Crippen LogP contribution in [0.3, 0.4) is 0 Å². The molecule has 4 rings (SSSR count). The Hall–Kier alpha value is -3.97. The predicted octanol–water partition coefficient (Wildman–Crippen LogP) is 5.24. The van der Waals surface area contributed by atoms with Crippen molar-refractivity contribution in [3.05, 3.63) is 132 Å². The lowest BCUT2D eigenvalue weighted by molar-refractivity contribution is -0.120. The summed E-state index contributed by atoms with van der Waals surface area (Å²) in [6, 6.07) is 29.8. The van der Waals surface area contributed by atoms with Gasteiger partial charge in [-0.15, -0.1) is 0 Å². The number of para-hydroxylation sites is 1. The van der Waals surface area contributed by atoms with Gasteiger partial charge in [-0.1, -0.05) is 78.4 Å². The van der Waals surface area contributed by atoms with Gasteiger partial charge in [0.2, 0.25) is 5.91 Å². The zero-order valence-corrected chi connectivity index (χ0v) is 20.0. The molecule has 4 aromatic rings. The van der Waals surface area contributed by atoms with Crippen molar-refractivity contribution in [2.75, 3.05) is 10.8 Å². The van der Waals surface area contributed by atoms with Gasteiger partial charge in [-0.25, -0.2) is 12.8 Å². The zero-order chi connectivity index (χ0) is 24.8. The Morgan fingerprint density at radius 1 is 0.800 bits per heavy atom. The molecule has 178 valence electrons. The first-order valence-corrected chi connectivity index (χ1v) is 12.5. The molecule has 4 aromatic carbocycles. The fraction of sp³-hybridized carbons (Fsp3) is 0.107. The molecule has 0 spiro atoms. The van der Waals surface area contributed by atoms with E-state index in [4.69, 9.17) is 0 Å². The zero-order valence-electron chi connectivity index (χ0n) is 19.1.